The zero-order valence-electron chi connectivity index (χ0n) is 12.3. The lowest BCUT2D eigenvalue weighted by atomic mass is 10.0. The van der Waals surface area contributed by atoms with E-state index >= 15 is 0 Å². The van der Waals surface area contributed by atoms with E-state index in [0.29, 0.717) is 30.0 Å². The minimum atomic E-state index is -0.275. The summed E-state index contributed by atoms with van der Waals surface area (Å²) in [6, 6.07) is 8.51. The fourth-order valence-corrected chi connectivity index (χ4v) is 2.15. The van der Waals surface area contributed by atoms with Gasteiger partial charge in [-0.3, -0.25) is 4.79 Å². The van der Waals surface area contributed by atoms with Gasteiger partial charge in [-0.15, -0.1) is 0 Å². The summed E-state index contributed by atoms with van der Waals surface area (Å²) in [5, 5.41) is 3.20. The number of Topliss-reactive ketones (excluding diaryl/α,β-unsaturated/α-hetero) is 1. The third-order valence-electron chi connectivity index (χ3n) is 3.34. The molecule has 1 atom stereocenters. The molecule has 0 radical (unpaired) electrons. The average Bonchev–Trinajstić information content (AvgIpc) is 3.01. The van der Waals surface area contributed by atoms with E-state index in [4.69, 9.17) is 14.9 Å². The van der Waals surface area contributed by atoms with Crippen molar-refractivity contribution in [1.82, 2.24) is 5.32 Å². The van der Waals surface area contributed by atoms with Gasteiger partial charge in [0.2, 0.25) is 0 Å². The predicted octanol–water partition coefficient (Wildman–Crippen LogP) is 2.62. The zero-order valence-corrected chi connectivity index (χ0v) is 12.3. The second-order valence-electron chi connectivity index (χ2n) is 4.74. The number of ketones is 1. The molecule has 2 aromatic rings. The summed E-state index contributed by atoms with van der Waals surface area (Å²) in [7, 11) is 1.55. The third-order valence-corrected chi connectivity index (χ3v) is 3.34. The number of anilines is 1. The molecule has 1 heterocycles. The van der Waals surface area contributed by atoms with Crippen molar-refractivity contribution in [2.75, 3.05) is 12.8 Å². The fourth-order valence-electron chi connectivity index (χ4n) is 2.15. The first-order valence-electron chi connectivity index (χ1n) is 6.89. The first-order valence-corrected chi connectivity index (χ1v) is 6.89. The molecule has 0 saturated heterocycles. The van der Waals surface area contributed by atoms with Crippen molar-refractivity contribution in [3.8, 4) is 5.75 Å². The van der Waals surface area contributed by atoms with Gasteiger partial charge in [0.25, 0.3) is 0 Å². The van der Waals surface area contributed by atoms with Gasteiger partial charge in [0.1, 0.15) is 11.5 Å². The van der Waals surface area contributed by atoms with Crippen molar-refractivity contribution < 1.29 is 13.9 Å². The molecule has 1 unspecified atom stereocenters. The summed E-state index contributed by atoms with van der Waals surface area (Å²) in [6.07, 6.45) is 2.30. The van der Waals surface area contributed by atoms with E-state index in [1.54, 1.807) is 31.6 Å². The second kappa shape index (κ2) is 6.95. The highest BCUT2D eigenvalue weighted by Gasteiger charge is 2.19. The molecule has 0 fully saturated rings. The van der Waals surface area contributed by atoms with Gasteiger partial charge in [-0.1, -0.05) is 6.92 Å². The summed E-state index contributed by atoms with van der Waals surface area (Å²) < 4.78 is 10.4. The molecule has 1 aromatic heterocycles. The van der Waals surface area contributed by atoms with Gasteiger partial charge >= 0.3 is 0 Å². The number of ether oxygens (including phenoxy) is 1. The summed E-state index contributed by atoms with van der Waals surface area (Å²) in [4.78, 5) is 12.5. The van der Waals surface area contributed by atoms with E-state index in [2.05, 4.69) is 5.32 Å². The molecule has 0 aliphatic rings. The lowest BCUT2D eigenvalue weighted by molar-refractivity contribution is 0.0938. The molecule has 0 aliphatic heterocycles. The lowest BCUT2D eigenvalue weighted by Gasteiger charge is -2.16. The minimum Gasteiger partial charge on any atom is -0.495 e. The molecule has 0 saturated carbocycles. The summed E-state index contributed by atoms with van der Waals surface area (Å²) in [5.74, 6) is 1.39. The fraction of sp³-hybridized carbons (Fsp3) is 0.312. The molecular formula is C16H20N2O3. The molecule has 5 nitrogen and oxygen atoms in total. The largest absolute Gasteiger partial charge is 0.495 e. The molecule has 112 valence electrons. The highest BCUT2D eigenvalue weighted by molar-refractivity contribution is 6.01. The van der Waals surface area contributed by atoms with Gasteiger partial charge in [0.15, 0.2) is 5.78 Å². The Balaban J connectivity index is 2.06. The maximum absolute atomic E-state index is 12.5. The number of furan rings is 1. The maximum Gasteiger partial charge on any atom is 0.179 e. The molecule has 2 rings (SSSR count). The summed E-state index contributed by atoms with van der Waals surface area (Å²) in [6.45, 7) is 2.48. The monoisotopic (exact) mass is 288 g/mol. The van der Waals surface area contributed by atoms with E-state index < -0.39 is 0 Å². The number of hydrogen-bond donors (Lipinski definition) is 2. The van der Waals surface area contributed by atoms with Crippen LogP contribution in [0.25, 0.3) is 0 Å². The number of nitrogens with two attached hydrogens (primary N) is 1. The van der Waals surface area contributed by atoms with Crippen molar-refractivity contribution in [3.05, 3.63) is 47.9 Å². The van der Waals surface area contributed by atoms with Gasteiger partial charge in [-0.05, 0) is 36.8 Å². The minimum absolute atomic E-state index is 0.0124. The van der Waals surface area contributed by atoms with Gasteiger partial charge in [0, 0.05) is 5.56 Å². The Morgan fingerprint density at radius 1 is 1.43 bits per heavy atom. The van der Waals surface area contributed by atoms with E-state index in [0.717, 1.165) is 5.76 Å². The van der Waals surface area contributed by atoms with Crippen molar-refractivity contribution in [1.29, 1.82) is 0 Å². The molecule has 21 heavy (non-hydrogen) atoms. The quantitative estimate of drug-likeness (QED) is 0.605. The van der Waals surface area contributed by atoms with Crippen LogP contribution in [0.1, 0.15) is 29.5 Å². The van der Waals surface area contributed by atoms with E-state index in [-0.39, 0.29) is 11.8 Å². The number of rotatable bonds is 7. The third kappa shape index (κ3) is 3.64. The predicted molar refractivity (Wildman–Crippen MR) is 81.4 cm³/mol. The van der Waals surface area contributed by atoms with Crippen LogP contribution in [0.2, 0.25) is 0 Å². The van der Waals surface area contributed by atoms with Crippen LogP contribution in [-0.2, 0) is 6.54 Å². The Kier molecular flexibility index (Phi) is 5.00. The van der Waals surface area contributed by atoms with E-state index in [1.165, 1.54) is 0 Å². The number of nitrogen functional groups attached to an aromatic ring is 1. The lowest BCUT2D eigenvalue weighted by Crippen LogP contribution is -2.35. The first-order chi connectivity index (χ1) is 10.2. The SMILES string of the molecule is CCC(NCc1ccco1)C(=O)c1ccc(OC)c(N)c1. The maximum atomic E-state index is 12.5. The molecule has 0 spiro atoms. The Hall–Kier alpha value is -2.27. The smallest absolute Gasteiger partial charge is 0.179 e. The van der Waals surface area contributed by atoms with Crippen molar-refractivity contribution in [2.24, 2.45) is 0 Å². The highest BCUT2D eigenvalue weighted by Crippen LogP contribution is 2.23. The molecule has 3 N–H and O–H groups in total. The molecule has 0 bridgehead atoms. The van der Waals surface area contributed by atoms with Gasteiger partial charge in [0.05, 0.1) is 31.6 Å². The molecule has 5 heteroatoms. The van der Waals surface area contributed by atoms with Crippen LogP contribution in [0.3, 0.4) is 0 Å². The van der Waals surface area contributed by atoms with Gasteiger partial charge in [-0.25, -0.2) is 0 Å². The van der Waals surface area contributed by atoms with Gasteiger partial charge < -0.3 is 20.2 Å². The van der Waals surface area contributed by atoms with Crippen molar-refractivity contribution in [3.63, 3.8) is 0 Å². The number of benzene rings is 1. The molecule has 1 aromatic carbocycles. The van der Waals surface area contributed by atoms with Crippen LogP contribution >= 0.6 is 0 Å². The average molecular weight is 288 g/mol. The van der Waals surface area contributed by atoms with Crippen LogP contribution < -0.4 is 15.8 Å². The first kappa shape index (κ1) is 15.1. The van der Waals surface area contributed by atoms with Crippen molar-refractivity contribution in [2.45, 2.75) is 25.9 Å². The molecule has 0 aliphatic carbocycles. The van der Waals surface area contributed by atoms with Crippen LogP contribution in [0.4, 0.5) is 5.69 Å². The van der Waals surface area contributed by atoms with Crippen LogP contribution in [0.5, 0.6) is 5.75 Å². The molecule has 0 amide bonds. The number of carbonyl (C=O) groups is 1. The number of nitrogens with one attached hydrogen (secondary N) is 1. The topological polar surface area (TPSA) is 77.5 Å². The normalized spacial score (nSPS) is 12.1. The number of hydrogen-bond acceptors (Lipinski definition) is 5. The Labute approximate surface area is 124 Å². The molecular weight excluding hydrogens is 268 g/mol. The summed E-state index contributed by atoms with van der Waals surface area (Å²) >= 11 is 0. The highest BCUT2D eigenvalue weighted by atomic mass is 16.5. The standard InChI is InChI=1S/C16H20N2O3/c1-3-14(18-10-12-5-4-8-21-12)16(19)11-6-7-15(20-2)13(17)9-11/h4-9,14,18H,3,10,17H2,1-2H3. The Morgan fingerprint density at radius 3 is 2.81 bits per heavy atom. The van der Waals surface area contributed by atoms with Crippen LogP contribution in [0, 0.1) is 0 Å². The van der Waals surface area contributed by atoms with E-state index in [9.17, 15) is 4.79 Å². The zero-order chi connectivity index (χ0) is 15.2. The number of methoxy groups -OCH3 is 1. The van der Waals surface area contributed by atoms with Crippen molar-refractivity contribution >= 4 is 11.5 Å². The second-order valence-corrected chi connectivity index (χ2v) is 4.74. The summed E-state index contributed by atoms with van der Waals surface area (Å²) in [5.41, 5.74) is 6.89. The number of carbonyl (C=O) groups excluding carboxylic acids is 1. The Morgan fingerprint density at radius 2 is 2.24 bits per heavy atom. The van der Waals surface area contributed by atoms with E-state index in [1.807, 2.05) is 19.1 Å². The van der Waals surface area contributed by atoms with Gasteiger partial charge in [-0.2, -0.15) is 0 Å². The van der Waals surface area contributed by atoms with Crippen LogP contribution in [0.15, 0.2) is 41.0 Å². The van der Waals surface area contributed by atoms with Crippen LogP contribution in [-0.4, -0.2) is 18.9 Å². The Bertz CT molecular complexity index is 594.